The van der Waals surface area contributed by atoms with Gasteiger partial charge in [0.15, 0.2) is 17.7 Å². The number of ether oxygens (including phenoxy) is 4. The van der Waals surface area contributed by atoms with Crippen molar-refractivity contribution >= 4 is 40.8 Å². The van der Waals surface area contributed by atoms with Crippen LogP contribution < -0.4 is 5.32 Å². The van der Waals surface area contributed by atoms with Crippen molar-refractivity contribution < 1.29 is 43.2 Å². The maximum Gasteiger partial charge on any atom is 0.410 e. The molecule has 0 aromatic carbocycles. The van der Waals surface area contributed by atoms with Gasteiger partial charge in [-0.2, -0.15) is 0 Å². The van der Waals surface area contributed by atoms with Crippen molar-refractivity contribution in [2.24, 2.45) is 34.1 Å². The predicted octanol–water partition coefficient (Wildman–Crippen LogP) is 4.54. The monoisotopic (exact) mass is 784 g/mol. The van der Waals surface area contributed by atoms with E-state index >= 15 is 0 Å². The molecule has 0 radical (unpaired) electrons. The number of aliphatic imine (C=N–C) groups is 1. The Balaban J connectivity index is 1.64. The lowest BCUT2D eigenvalue weighted by molar-refractivity contribution is -0.286. The van der Waals surface area contributed by atoms with Crippen molar-refractivity contribution in [3.8, 4) is 11.8 Å². The van der Waals surface area contributed by atoms with Gasteiger partial charge in [-0.1, -0.05) is 46.5 Å². The predicted molar refractivity (Wildman–Crippen MR) is 209 cm³/mol. The molecule has 4 aliphatic rings. The number of aliphatic hydroxyl groups excluding tert-OH is 1. The molecular formula is C41H60N4O9S. The van der Waals surface area contributed by atoms with Gasteiger partial charge in [0.05, 0.1) is 34.5 Å². The number of esters is 1. The second kappa shape index (κ2) is 17.0. The molecule has 3 fully saturated rings. The molecule has 0 aliphatic carbocycles. The number of aliphatic hydroxyl groups is 1. The van der Waals surface area contributed by atoms with Crippen LogP contribution in [0.4, 0.5) is 4.79 Å². The van der Waals surface area contributed by atoms with Gasteiger partial charge in [-0.15, -0.1) is 11.3 Å². The molecule has 55 heavy (non-hydrogen) atoms. The minimum Gasteiger partial charge on any atom is -0.458 e. The summed E-state index contributed by atoms with van der Waals surface area (Å²) in [5, 5.41) is 14.3. The highest BCUT2D eigenvalue weighted by molar-refractivity contribution is 7.14. The van der Waals surface area contributed by atoms with E-state index in [2.05, 4.69) is 31.0 Å². The minimum atomic E-state index is -1.19. The quantitative estimate of drug-likeness (QED) is 0.239. The van der Waals surface area contributed by atoms with E-state index in [0.717, 1.165) is 5.71 Å². The standard InChI is InChI=1S/C41H60N4O9S/c1-12-30-41(8)34-24(4)31(43-18-19-45(34)39(50)54-41)22(2)21-40(7,17-13-14-27-15-16-29(55-27)36(48)42-9)35(25(5)32(46)26(6)37(49)52-30)53-38-33(47)28(44(10)11)20-23(3)51-38/h15-16,22-26,28,30,33-35,38,47H,12,17-21H2,1-11H3,(H,42,48)/t22-,23-,24-,25+,26-,28+,30+,33-,34-,35-,38?,40+,41-/m1/s1. The summed E-state index contributed by atoms with van der Waals surface area (Å²) in [4.78, 5) is 64.3. The fourth-order valence-corrected chi connectivity index (χ4v) is 10.3. The van der Waals surface area contributed by atoms with Crippen molar-refractivity contribution in [2.75, 3.05) is 34.2 Å². The molecule has 13 atom stereocenters. The average molecular weight is 785 g/mol. The van der Waals surface area contributed by atoms with Crippen LogP contribution in [-0.2, 0) is 28.5 Å². The number of thiophene rings is 1. The maximum absolute atomic E-state index is 14.6. The van der Waals surface area contributed by atoms with E-state index in [0.29, 0.717) is 42.1 Å². The van der Waals surface area contributed by atoms with Gasteiger partial charge in [-0.25, -0.2) is 4.79 Å². The molecule has 304 valence electrons. The molecule has 1 aromatic heterocycles. The first-order valence-corrected chi connectivity index (χ1v) is 20.4. The van der Waals surface area contributed by atoms with Crippen LogP contribution in [0.15, 0.2) is 17.1 Å². The Morgan fingerprint density at radius 2 is 1.85 bits per heavy atom. The van der Waals surface area contributed by atoms with Crippen LogP contribution in [0, 0.1) is 40.9 Å². The highest BCUT2D eigenvalue weighted by Gasteiger charge is 2.60. The summed E-state index contributed by atoms with van der Waals surface area (Å²) in [6.45, 7) is 15.8. The van der Waals surface area contributed by atoms with Gasteiger partial charge >= 0.3 is 12.1 Å². The van der Waals surface area contributed by atoms with E-state index in [-0.39, 0.29) is 42.1 Å². The summed E-state index contributed by atoms with van der Waals surface area (Å²) >= 11 is 1.29. The van der Waals surface area contributed by atoms with Gasteiger partial charge in [0.25, 0.3) is 5.91 Å². The van der Waals surface area contributed by atoms with E-state index in [1.807, 2.05) is 52.8 Å². The number of amides is 2. The number of likely N-dealkylation sites (N-methyl/N-ethyl adjacent to an activating group) is 1. The number of Topliss-reactive ketones (excluding diaryl/α,β-unsaturated/α-hetero) is 1. The van der Waals surface area contributed by atoms with Gasteiger partial charge in [0.1, 0.15) is 18.1 Å². The molecule has 0 spiro atoms. The summed E-state index contributed by atoms with van der Waals surface area (Å²) in [6.07, 6.45) is -2.81. The first-order valence-electron chi connectivity index (χ1n) is 19.6. The molecular weight excluding hydrogens is 725 g/mol. The Hall–Kier alpha value is -3.35. The number of cyclic esters (lactones) is 1. The van der Waals surface area contributed by atoms with Crippen molar-refractivity contribution in [2.45, 2.75) is 129 Å². The van der Waals surface area contributed by atoms with Crippen LogP contribution in [0.25, 0.3) is 0 Å². The van der Waals surface area contributed by atoms with Crippen molar-refractivity contribution in [1.29, 1.82) is 0 Å². The molecule has 2 bridgehead atoms. The van der Waals surface area contributed by atoms with Crippen molar-refractivity contribution in [1.82, 2.24) is 15.1 Å². The molecule has 4 aliphatic heterocycles. The van der Waals surface area contributed by atoms with E-state index in [1.165, 1.54) is 11.3 Å². The van der Waals surface area contributed by atoms with Crippen molar-refractivity contribution in [3.05, 3.63) is 21.9 Å². The number of fused-ring (bicyclic) bond motifs is 1. The summed E-state index contributed by atoms with van der Waals surface area (Å²) in [7, 11) is 5.38. The Labute approximate surface area is 329 Å². The van der Waals surface area contributed by atoms with E-state index in [4.69, 9.17) is 23.9 Å². The Morgan fingerprint density at radius 3 is 2.51 bits per heavy atom. The lowest BCUT2D eigenvalue weighted by Gasteiger charge is -2.47. The smallest absolute Gasteiger partial charge is 0.410 e. The lowest BCUT2D eigenvalue weighted by atomic mass is 9.66. The van der Waals surface area contributed by atoms with Crippen LogP contribution in [0.3, 0.4) is 0 Å². The topological polar surface area (TPSA) is 156 Å². The normalized spacial score (nSPS) is 38.6. The number of rotatable bonds is 6. The summed E-state index contributed by atoms with van der Waals surface area (Å²) < 4.78 is 25.5. The van der Waals surface area contributed by atoms with Crippen LogP contribution >= 0.6 is 11.3 Å². The largest absolute Gasteiger partial charge is 0.458 e. The first-order chi connectivity index (χ1) is 25.9. The fraction of sp³-hybridized carbons (Fsp3) is 0.732. The summed E-state index contributed by atoms with van der Waals surface area (Å²) in [5.74, 6) is 2.82. The Morgan fingerprint density at radius 1 is 1.15 bits per heavy atom. The third kappa shape index (κ3) is 8.52. The number of hydrogen-bond donors (Lipinski definition) is 2. The van der Waals surface area contributed by atoms with Gasteiger partial charge in [0, 0.05) is 49.0 Å². The van der Waals surface area contributed by atoms with Crippen LogP contribution in [0.1, 0.15) is 95.6 Å². The molecule has 14 heteroatoms. The molecule has 3 saturated heterocycles. The van der Waals surface area contributed by atoms with Gasteiger partial charge in [0.2, 0.25) is 0 Å². The number of nitrogens with zero attached hydrogens (tertiary/aromatic N) is 3. The maximum atomic E-state index is 14.6. The van der Waals surface area contributed by atoms with Crippen LogP contribution in [-0.4, -0.2) is 127 Å². The van der Waals surface area contributed by atoms with E-state index in [1.54, 1.807) is 31.9 Å². The molecule has 0 saturated carbocycles. The Bertz CT molecular complexity index is 1700. The zero-order valence-electron chi connectivity index (χ0n) is 34.2. The number of carbonyl (C=O) groups is 4. The minimum absolute atomic E-state index is 0.176. The molecule has 13 nitrogen and oxygen atoms in total. The lowest BCUT2D eigenvalue weighted by Crippen LogP contribution is -2.58. The summed E-state index contributed by atoms with van der Waals surface area (Å²) in [5.41, 5.74) is -1.17. The van der Waals surface area contributed by atoms with Gasteiger partial charge in [-0.05, 0) is 72.2 Å². The first kappa shape index (κ1) is 42.8. The molecule has 5 rings (SSSR count). The van der Waals surface area contributed by atoms with Crippen LogP contribution in [0.5, 0.6) is 0 Å². The third-order valence-corrected chi connectivity index (χ3v) is 13.3. The number of hydrogen-bond acceptors (Lipinski definition) is 12. The molecule has 5 heterocycles. The number of carbonyl (C=O) groups excluding carboxylic acids is 4. The zero-order chi connectivity index (χ0) is 40.6. The molecule has 2 amide bonds. The second-order valence-electron chi connectivity index (χ2n) is 16.6. The van der Waals surface area contributed by atoms with Gasteiger partial charge < -0.3 is 34.3 Å². The van der Waals surface area contributed by atoms with Crippen LogP contribution in [0.2, 0.25) is 0 Å². The van der Waals surface area contributed by atoms with Gasteiger partial charge in [-0.3, -0.25) is 24.3 Å². The number of nitrogens with one attached hydrogen (secondary N) is 1. The Kier molecular flexibility index (Phi) is 13.2. The molecule has 1 unspecified atom stereocenters. The zero-order valence-corrected chi connectivity index (χ0v) is 35.0. The number of ketones is 1. The van der Waals surface area contributed by atoms with Crippen molar-refractivity contribution in [3.63, 3.8) is 0 Å². The van der Waals surface area contributed by atoms with E-state index in [9.17, 15) is 24.3 Å². The fourth-order valence-electron chi connectivity index (χ4n) is 9.45. The highest BCUT2D eigenvalue weighted by atomic mass is 32.1. The SMILES string of the molecule is CC[C@@H]1OC(=O)[C@H](C)C(=O)[C@H](C)[C@@H](OC2O[C@H](C)C[C@H](N(C)C)[C@H]2O)[C@@](C)(CC#Cc2ccc(C(=O)NC)s2)C[C@@H](C)C2=NCCN3C(=O)O[C@@]1(C)[C@H]3[C@@H]2C. The second-order valence-corrected chi connectivity index (χ2v) is 17.7. The molecule has 1 aromatic rings. The highest BCUT2D eigenvalue weighted by Crippen LogP contribution is 2.46. The van der Waals surface area contributed by atoms with E-state index < -0.39 is 65.6 Å². The molecule has 2 N–H and O–H groups in total. The summed E-state index contributed by atoms with van der Waals surface area (Å²) in [6, 6.07) is 2.81. The average Bonchev–Trinajstić information content (AvgIpc) is 3.65. The third-order valence-electron chi connectivity index (χ3n) is 12.3.